The molecule has 4 aromatic rings. The highest BCUT2D eigenvalue weighted by Gasteiger charge is 2.20. The number of thiophene rings is 1. The lowest BCUT2D eigenvalue weighted by atomic mass is 9.96. The van der Waals surface area contributed by atoms with Gasteiger partial charge in [0.05, 0.1) is 28.3 Å². The maximum absolute atomic E-state index is 4.76. The molecular weight excluding hydrogens is 400 g/mol. The fraction of sp³-hybridized carbons (Fsp3) is 0.429. The van der Waals surface area contributed by atoms with Crippen molar-refractivity contribution in [2.24, 2.45) is 0 Å². The monoisotopic (exact) mass is 424 g/mol. The topological polar surface area (TPSA) is 68.5 Å². The summed E-state index contributed by atoms with van der Waals surface area (Å²) in [5.74, 6) is 0. The highest BCUT2D eigenvalue weighted by atomic mass is 32.1. The molecule has 0 aromatic carbocycles. The summed E-state index contributed by atoms with van der Waals surface area (Å²) in [6.07, 6.45) is 12.2. The van der Waals surface area contributed by atoms with Crippen molar-refractivity contribution in [2.45, 2.75) is 58.0 Å². The molecule has 1 fully saturated rings. The summed E-state index contributed by atoms with van der Waals surface area (Å²) in [6, 6.07) is 3.00. The molecule has 0 aliphatic heterocycles. The normalized spacial score (nSPS) is 15.4. The molecule has 0 unspecified atom stereocenters. The Kier molecular flexibility index (Phi) is 5.05. The maximum Gasteiger partial charge on any atom is 0.125 e. The lowest BCUT2D eigenvalue weighted by molar-refractivity contribution is 0.324. The number of aromatic nitrogens is 5. The van der Waals surface area contributed by atoms with Crippen molar-refractivity contribution in [3.63, 3.8) is 0 Å². The van der Waals surface area contributed by atoms with Gasteiger partial charge in [0.25, 0.3) is 0 Å². The second-order valence-electron chi connectivity index (χ2n) is 7.92. The van der Waals surface area contributed by atoms with Crippen molar-refractivity contribution in [1.29, 1.82) is 0 Å². The molecule has 4 aromatic heterocycles. The van der Waals surface area contributed by atoms with Crippen LogP contribution in [0.1, 0.15) is 52.0 Å². The van der Waals surface area contributed by atoms with Gasteiger partial charge in [-0.3, -0.25) is 4.98 Å². The lowest BCUT2D eigenvalue weighted by Gasteiger charge is -2.21. The zero-order valence-electron chi connectivity index (χ0n) is 16.6. The molecule has 0 saturated heterocycles. The third-order valence-electron chi connectivity index (χ3n) is 5.41. The first kappa shape index (κ1) is 18.7. The van der Waals surface area contributed by atoms with E-state index in [1.807, 2.05) is 17.9 Å². The number of fused-ring (bicyclic) bond motifs is 1. The van der Waals surface area contributed by atoms with Crippen molar-refractivity contribution in [1.82, 2.24) is 25.0 Å². The molecule has 0 spiro atoms. The van der Waals surface area contributed by atoms with E-state index in [2.05, 4.69) is 51.4 Å². The molecule has 0 bridgehead atoms. The highest BCUT2D eigenvalue weighted by molar-refractivity contribution is 7.25. The summed E-state index contributed by atoms with van der Waals surface area (Å²) in [5.41, 5.74) is 4.86. The van der Waals surface area contributed by atoms with E-state index >= 15 is 0 Å². The number of hydrogen-bond donors (Lipinski definition) is 1. The quantitative estimate of drug-likeness (QED) is 0.425. The Morgan fingerprint density at radius 1 is 1.14 bits per heavy atom. The van der Waals surface area contributed by atoms with Gasteiger partial charge in [0.2, 0.25) is 0 Å². The maximum atomic E-state index is 4.76. The SMILES string of the molecule is CC(C)Nc1c(-c2cn(C3CCCCC3)nn2)cnc2sc(-c3cncs3)cc12. The number of rotatable bonds is 5. The standard InChI is InChI=1S/C21H24N6S2/c1-13(2)24-20-15-8-18(19-10-22-12-28-19)29-21(15)23-9-16(20)17-11-27(26-25-17)14-6-4-3-5-7-14/h8-14H,3-7H2,1-2H3,(H,23,24). The number of thiazole rings is 1. The molecule has 1 saturated carbocycles. The molecule has 1 aliphatic rings. The average molecular weight is 425 g/mol. The summed E-state index contributed by atoms with van der Waals surface area (Å²) >= 11 is 3.36. The molecule has 5 rings (SSSR count). The van der Waals surface area contributed by atoms with Crippen LogP contribution in [0.2, 0.25) is 0 Å². The zero-order chi connectivity index (χ0) is 19.8. The molecule has 1 N–H and O–H groups in total. The van der Waals surface area contributed by atoms with E-state index in [9.17, 15) is 0 Å². The van der Waals surface area contributed by atoms with Gasteiger partial charge in [0.15, 0.2) is 0 Å². The van der Waals surface area contributed by atoms with Crippen LogP contribution < -0.4 is 5.32 Å². The average Bonchev–Trinajstić information content (AvgIpc) is 3.48. The van der Waals surface area contributed by atoms with Gasteiger partial charge < -0.3 is 5.32 Å². The molecular formula is C21H24N6S2. The van der Waals surface area contributed by atoms with E-state index in [1.165, 1.54) is 41.9 Å². The fourth-order valence-electron chi connectivity index (χ4n) is 4.01. The highest BCUT2D eigenvalue weighted by Crippen LogP contribution is 2.41. The Morgan fingerprint density at radius 2 is 2.00 bits per heavy atom. The van der Waals surface area contributed by atoms with Crippen LogP contribution >= 0.6 is 22.7 Å². The lowest BCUT2D eigenvalue weighted by Crippen LogP contribution is -2.13. The van der Waals surface area contributed by atoms with E-state index in [4.69, 9.17) is 4.98 Å². The number of anilines is 1. The molecule has 0 radical (unpaired) electrons. The van der Waals surface area contributed by atoms with Gasteiger partial charge in [0, 0.05) is 34.3 Å². The first-order valence-corrected chi connectivity index (χ1v) is 11.9. The Bertz CT molecular complexity index is 1110. The third-order valence-corrected chi connectivity index (χ3v) is 7.42. The van der Waals surface area contributed by atoms with Crippen LogP contribution in [0.15, 0.2) is 30.2 Å². The van der Waals surface area contributed by atoms with Gasteiger partial charge in [-0.2, -0.15) is 0 Å². The molecule has 6 nitrogen and oxygen atoms in total. The van der Waals surface area contributed by atoms with Gasteiger partial charge in [-0.15, -0.1) is 27.8 Å². The van der Waals surface area contributed by atoms with Crippen LogP contribution in [-0.4, -0.2) is 31.0 Å². The van der Waals surface area contributed by atoms with E-state index in [-0.39, 0.29) is 0 Å². The first-order valence-electron chi connectivity index (χ1n) is 10.2. The van der Waals surface area contributed by atoms with Gasteiger partial charge in [-0.25, -0.2) is 9.67 Å². The zero-order valence-corrected chi connectivity index (χ0v) is 18.3. The summed E-state index contributed by atoms with van der Waals surface area (Å²) in [7, 11) is 0. The molecule has 8 heteroatoms. The van der Waals surface area contributed by atoms with Gasteiger partial charge in [-0.1, -0.05) is 24.5 Å². The molecule has 1 aliphatic carbocycles. The van der Waals surface area contributed by atoms with Gasteiger partial charge in [-0.05, 0) is 32.8 Å². The van der Waals surface area contributed by atoms with Gasteiger partial charge in [0.1, 0.15) is 10.5 Å². The minimum Gasteiger partial charge on any atom is -0.382 e. The number of nitrogens with one attached hydrogen (secondary N) is 1. The summed E-state index contributed by atoms with van der Waals surface area (Å²) in [5, 5.41) is 13.8. The molecule has 150 valence electrons. The number of hydrogen-bond acceptors (Lipinski definition) is 7. The first-order chi connectivity index (χ1) is 14.2. The van der Waals surface area contributed by atoms with Crippen LogP contribution in [0.4, 0.5) is 5.69 Å². The molecule has 0 amide bonds. The second kappa shape index (κ2) is 7.84. The van der Waals surface area contributed by atoms with E-state index in [0.717, 1.165) is 27.2 Å². The van der Waals surface area contributed by atoms with Gasteiger partial charge >= 0.3 is 0 Å². The largest absolute Gasteiger partial charge is 0.382 e. The summed E-state index contributed by atoms with van der Waals surface area (Å²) in [4.78, 5) is 12.4. The summed E-state index contributed by atoms with van der Waals surface area (Å²) in [6.45, 7) is 4.32. The van der Waals surface area contributed by atoms with Crippen LogP contribution in [0.5, 0.6) is 0 Å². The van der Waals surface area contributed by atoms with Crippen LogP contribution in [0, 0.1) is 0 Å². The second-order valence-corrected chi connectivity index (χ2v) is 9.83. The Morgan fingerprint density at radius 3 is 2.76 bits per heavy atom. The van der Waals surface area contributed by atoms with E-state index in [0.29, 0.717) is 12.1 Å². The number of nitrogens with zero attached hydrogens (tertiary/aromatic N) is 5. The van der Waals surface area contributed by atoms with Crippen molar-refractivity contribution < 1.29 is 0 Å². The predicted molar refractivity (Wildman–Crippen MR) is 121 cm³/mol. The Hall–Kier alpha value is -2.32. The van der Waals surface area contributed by atoms with Crippen molar-refractivity contribution in [2.75, 3.05) is 5.32 Å². The van der Waals surface area contributed by atoms with Crippen LogP contribution in [0.3, 0.4) is 0 Å². The molecule has 0 atom stereocenters. The number of pyridine rings is 1. The Balaban J connectivity index is 1.58. The van der Waals surface area contributed by atoms with E-state index in [1.54, 1.807) is 22.7 Å². The van der Waals surface area contributed by atoms with Crippen molar-refractivity contribution in [3.8, 4) is 21.0 Å². The van der Waals surface area contributed by atoms with Crippen LogP contribution in [0.25, 0.3) is 31.2 Å². The van der Waals surface area contributed by atoms with E-state index < -0.39 is 0 Å². The Labute approximate surface area is 178 Å². The van der Waals surface area contributed by atoms with Crippen molar-refractivity contribution >= 4 is 38.6 Å². The van der Waals surface area contributed by atoms with Crippen molar-refractivity contribution in [3.05, 3.63) is 30.2 Å². The summed E-state index contributed by atoms with van der Waals surface area (Å²) < 4.78 is 2.06. The fourth-order valence-corrected chi connectivity index (χ4v) is 5.73. The van der Waals surface area contributed by atoms with Crippen LogP contribution in [-0.2, 0) is 0 Å². The third kappa shape index (κ3) is 3.67. The predicted octanol–water partition coefficient (Wildman–Crippen LogP) is 6.00. The minimum atomic E-state index is 0.305. The molecule has 4 heterocycles. The minimum absolute atomic E-state index is 0.305. The molecule has 29 heavy (non-hydrogen) atoms. The smallest absolute Gasteiger partial charge is 0.125 e.